The van der Waals surface area contributed by atoms with Crippen LogP contribution in [0.15, 0.2) is 54.6 Å². The number of carbonyl (C=O) groups is 2. The summed E-state index contributed by atoms with van der Waals surface area (Å²) in [7, 11) is -3.33. The number of likely N-dealkylation sites (tertiary alicyclic amines) is 1. The zero-order chi connectivity index (χ0) is 23.3. The first-order chi connectivity index (χ1) is 16.0. The molecule has 33 heavy (non-hydrogen) atoms. The van der Waals surface area contributed by atoms with Gasteiger partial charge in [-0.05, 0) is 68.9 Å². The van der Waals surface area contributed by atoms with Gasteiger partial charge in [-0.25, -0.2) is 8.42 Å². The maximum Gasteiger partial charge on any atom is 0.254 e. The van der Waals surface area contributed by atoms with E-state index in [0.29, 0.717) is 49.3 Å². The molecule has 2 aromatic carbocycles. The fraction of sp³-hybridized carbons (Fsp3) is 0.440. The number of nitrogens with zero attached hydrogens (tertiary/aromatic N) is 2. The zero-order valence-electron chi connectivity index (χ0n) is 18.8. The van der Waals surface area contributed by atoms with Crippen molar-refractivity contribution >= 4 is 27.5 Å². The van der Waals surface area contributed by atoms with Crippen LogP contribution in [0.25, 0.3) is 0 Å². The van der Waals surface area contributed by atoms with E-state index in [9.17, 15) is 18.0 Å². The van der Waals surface area contributed by atoms with Crippen LogP contribution in [0.1, 0.15) is 59.2 Å². The van der Waals surface area contributed by atoms with Gasteiger partial charge in [0.05, 0.1) is 11.4 Å². The van der Waals surface area contributed by atoms with Gasteiger partial charge in [-0.2, -0.15) is 0 Å². The first-order valence-corrected chi connectivity index (χ1v) is 13.3. The monoisotopic (exact) mass is 469 g/mol. The summed E-state index contributed by atoms with van der Waals surface area (Å²) in [5, 5.41) is 2.96. The lowest BCUT2D eigenvalue weighted by Gasteiger charge is -2.36. The van der Waals surface area contributed by atoms with Crippen molar-refractivity contribution in [1.29, 1.82) is 0 Å². The van der Waals surface area contributed by atoms with Crippen molar-refractivity contribution in [2.45, 2.75) is 44.6 Å². The van der Waals surface area contributed by atoms with Crippen LogP contribution in [-0.4, -0.2) is 56.6 Å². The number of sulfonamides is 1. The maximum absolute atomic E-state index is 13.4. The van der Waals surface area contributed by atoms with Crippen molar-refractivity contribution in [3.63, 3.8) is 0 Å². The zero-order valence-corrected chi connectivity index (χ0v) is 19.6. The minimum atomic E-state index is -3.33. The number of rotatable bonds is 6. The fourth-order valence-electron chi connectivity index (χ4n) is 4.65. The second-order valence-corrected chi connectivity index (χ2v) is 10.7. The van der Waals surface area contributed by atoms with Crippen molar-refractivity contribution in [3.05, 3.63) is 65.7 Å². The summed E-state index contributed by atoms with van der Waals surface area (Å²) in [4.78, 5) is 27.6. The summed E-state index contributed by atoms with van der Waals surface area (Å²) in [6, 6.07) is 16.1. The van der Waals surface area contributed by atoms with Crippen molar-refractivity contribution < 1.29 is 18.0 Å². The molecule has 1 N–H and O–H groups in total. The Morgan fingerprint density at radius 1 is 0.909 bits per heavy atom. The van der Waals surface area contributed by atoms with Crippen LogP contribution in [0.4, 0.5) is 5.69 Å². The largest absolute Gasteiger partial charge is 0.352 e. The number of hydrogen-bond acceptors (Lipinski definition) is 4. The van der Waals surface area contributed by atoms with Gasteiger partial charge in [-0.3, -0.25) is 13.9 Å². The molecule has 0 aliphatic carbocycles. The van der Waals surface area contributed by atoms with Gasteiger partial charge in [-0.1, -0.05) is 24.3 Å². The Hall–Kier alpha value is -2.87. The van der Waals surface area contributed by atoms with E-state index >= 15 is 0 Å². The van der Waals surface area contributed by atoms with E-state index in [-0.39, 0.29) is 23.6 Å². The predicted octanol–water partition coefficient (Wildman–Crippen LogP) is 3.43. The molecule has 2 fully saturated rings. The first kappa shape index (κ1) is 23.3. The normalized spacial score (nSPS) is 20.3. The lowest BCUT2D eigenvalue weighted by atomic mass is 9.98. The van der Waals surface area contributed by atoms with Gasteiger partial charge in [-0.15, -0.1) is 0 Å². The molecule has 176 valence electrons. The lowest BCUT2D eigenvalue weighted by molar-refractivity contribution is 0.0601. The van der Waals surface area contributed by atoms with Gasteiger partial charge >= 0.3 is 0 Å². The number of benzene rings is 2. The summed E-state index contributed by atoms with van der Waals surface area (Å²) >= 11 is 0. The highest BCUT2D eigenvalue weighted by molar-refractivity contribution is 7.92. The molecular formula is C25H31N3O4S. The molecule has 2 amide bonds. The molecule has 7 nitrogen and oxygen atoms in total. The van der Waals surface area contributed by atoms with Crippen LogP contribution in [0.5, 0.6) is 0 Å². The van der Waals surface area contributed by atoms with Crippen molar-refractivity contribution in [2.75, 3.05) is 29.7 Å². The third-order valence-electron chi connectivity index (χ3n) is 6.42. The molecule has 0 saturated carbocycles. The maximum atomic E-state index is 13.4. The number of anilines is 1. The Morgan fingerprint density at radius 3 is 2.45 bits per heavy atom. The molecule has 1 atom stereocenters. The molecule has 2 aromatic rings. The molecule has 8 heteroatoms. The Morgan fingerprint density at radius 2 is 1.67 bits per heavy atom. The number of amides is 2. The van der Waals surface area contributed by atoms with Crippen LogP contribution in [-0.2, 0) is 10.0 Å². The quantitative estimate of drug-likeness (QED) is 0.702. The molecule has 2 aliphatic rings. The molecule has 0 spiro atoms. The van der Waals surface area contributed by atoms with E-state index in [2.05, 4.69) is 5.32 Å². The highest BCUT2D eigenvalue weighted by atomic mass is 32.2. The Labute approximate surface area is 195 Å². The van der Waals surface area contributed by atoms with Crippen LogP contribution < -0.4 is 9.62 Å². The van der Waals surface area contributed by atoms with Crippen molar-refractivity contribution in [1.82, 2.24) is 10.2 Å². The van der Waals surface area contributed by atoms with Crippen LogP contribution >= 0.6 is 0 Å². The summed E-state index contributed by atoms with van der Waals surface area (Å²) in [5.74, 6) is -0.0428. The highest BCUT2D eigenvalue weighted by Crippen LogP contribution is 2.27. The van der Waals surface area contributed by atoms with E-state index < -0.39 is 10.0 Å². The van der Waals surface area contributed by atoms with Gasteiger partial charge in [0.15, 0.2) is 0 Å². The van der Waals surface area contributed by atoms with E-state index in [1.165, 1.54) is 4.31 Å². The van der Waals surface area contributed by atoms with Crippen molar-refractivity contribution in [3.8, 4) is 0 Å². The third-order valence-corrected chi connectivity index (χ3v) is 8.29. The molecule has 0 bridgehead atoms. The average Bonchev–Trinajstić information content (AvgIpc) is 2.84. The third kappa shape index (κ3) is 5.55. The molecule has 4 rings (SSSR count). The van der Waals surface area contributed by atoms with Gasteiger partial charge < -0.3 is 10.2 Å². The lowest BCUT2D eigenvalue weighted by Crippen LogP contribution is -2.45. The molecule has 2 heterocycles. The van der Waals surface area contributed by atoms with Crippen LogP contribution in [0.3, 0.4) is 0 Å². The Bertz CT molecular complexity index is 1090. The predicted molar refractivity (Wildman–Crippen MR) is 129 cm³/mol. The van der Waals surface area contributed by atoms with E-state index in [0.717, 1.165) is 25.7 Å². The van der Waals surface area contributed by atoms with E-state index in [1.54, 1.807) is 36.4 Å². The second kappa shape index (κ2) is 10.4. The molecule has 2 saturated heterocycles. The smallest absolute Gasteiger partial charge is 0.254 e. The molecule has 0 aromatic heterocycles. The molecular weight excluding hydrogens is 438 g/mol. The minimum Gasteiger partial charge on any atom is -0.352 e. The van der Waals surface area contributed by atoms with Crippen molar-refractivity contribution in [2.24, 2.45) is 0 Å². The summed E-state index contributed by atoms with van der Waals surface area (Å²) in [6.07, 6.45) is 5.07. The van der Waals surface area contributed by atoms with Crippen LogP contribution in [0, 0.1) is 0 Å². The molecule has 2 aliphatic heterocycles. The Balaban J connectivity index is 1.42. The average molecular weight is 470 g/mol. The fourth-order valence-corrected chi connectivity index (χ4v) is 6.28. The SMILES string of the molecule is O=C(NCC[C@H]1CCCCN1C(=O)c1cccc(N2CCCCS2(=O)=O)c1)c1ccccc1. The number of carbonyl (C=O) groups excluding carboxylic acids is 2. The van der Waals surface area contributed by atoms with Crippen LogP contribution in [0.2, 0.25) is 0 Å². The highest BCUT2D eigenvalue weighted by Gasteiger charge is 2.29. The Kier molecular flexibility index (Phi) is 7.33. The first-order valence-electron chi connectivity index (χ1n) is 11.7. The summed E-state index contributed by atoms with van der Waals surface area (Å²) in [6.45, 7) is 1.62. The summed E-state index contributed by atoms with van der Waals surface area (Å²) in [5.41, 5.74) is 1.69. The minimum absolute atomic E-state index is 0.0460. The van der Waals surface area contributed by atoms with E-state index in [4.69, 9.17) is 0 Å². The molecule has 0 unspecified atom stereocenters. The number of piperidine rings is 1. The second-order valence-electron chi connectivity index (χ2n) is 8.70. The van der Waals surface area contributed by atoms with Gasteiger partial charge in [0.25, 0.3) is 11.8 Å². The number of hydrogen-bond donors (Lipinski definition) is 1. The standard InChI is InChI=1S/C25H31N3O4S/c29-24(20-9-2-1-3-10-20)26-15-14-22-12-4-5-16-27(22)25(30)21-11-8-13-23(19-21)28-17-6-7-18-33(28,31)32/h1-3,8-11,13,19,22H,4-7,12,14-18H2,(H,26,29)/t22-/m1/s1. The van der Waals surface area contributed by atoms with Gasteiger partial charge in [0.2, 0.25) is 10.0 Å². The molecule has 0 radical (unpaired) electrons. The number of nitrogens with one attached hydrogen (secondary N) is 1. The topological polar surface area (TPSA) is 86.8 Å². The summed E-state index contributed by atoms with van der Waals surface area (Å²) < 4.78 is 26.4. The van der Waals surface area contributed by atoms with Gasteiger partial charge in [0, 0.05) is 36.8 Å². The van der Waals surface area contributed by atoms with Gasteiger partial charge in [0.1, 0.15) is 0 Å². The van der Waals surface area contributed by atoms with E-state index in [1.807, 2.05) is 23.1 Å².